The molecule has 1 fully saturated rings. The fourth-order valence-electron chi connectivity index (χ4n) is 2.41. The van der Waals surface area contributed by atoms with Gasteiger partial charge in [-0.2, -0.15) is 11.8 Å². The first-order valence-electron chi connectivity index (χ1n) is 6.08. The molecule has 3 rings (SSSR count). The van der Waals surface area contributed by atoms with Crippen LogP contribution < -0.4 is 5.32 Å². The third-order valence-corrected chi connectivity index (χ3v) is 4.32. The Hall–Kier alpha value is -0.810. The zero-order chi connectivity index (χ0) is 11.8. The largest absolute Gasteiger partial charge is 0.373 e. The number of hydrogen-bond donors (Lipinski definition) is 1. The van der Waals surface area contributed by atoms with Crippen molar-refractivity contribution in [3.8, 4) is 0 Å². The summed E-state index contributed by atoms with van der Waals surface area (Å²) in [5, 5.41) is 3.18. The van der Waals surface area contributed by atoms with Gasteiger partial charge in [-0.25, -0.2) is 9.97 Å². The summed E-state index contributed by atoms with van der Waals surface area (Å²) in [6.45, 7) is 2.11. The number of nitrogens with zero attached hydrogens (tertiary/aromatic N) is 2. The van der Waals surface area contributed by atoms with Crippen LogP contribution in [0.3, 0.4) is 0 Å². The smallest absolute Gasteiger partial charge is 0.159 e. The summed E-state index contributed by atoms with van der Waals surface area (Å²) in [5.74, 6) is 3.87. The quantitative estimate of drug-likeness (QED) is 0.875. The van der Waals surface area contributed by atoms with E-state index in [1.807, 2.05) is 18.8 Å². The summed E-state index contributed by atoms with van der Waals surface area (Å²) < 4.78 is 5.85. The Morgan fingerprint density at radius 3 is 2.88 bits per heavy atom. The number of ether oxygens (including phenoxy) is 1. The lowest BCUT2D eigenvalue weighted by atomic mass is 10.2. The van der Waals surface area contributed by atoms with Gasteiger partial charge in [-0.05, 0) is 19.8 Å². The molecule has 2 aliphatic rings. The predicted octanol–water partition coefficient (Wildman–Crippen LogP) is 2.51. The van der Waals surface area contributed by atoms with Crippen molar-refractivity contribution < 1.29 is 4.74 Å². The third kappa shape index (κ3) is 2.02. The standard InChI is InChI=1S/C12H17N3OS/c1-7-3-4-10(16-7)12-14-9-6-17-5-8(9)11(13-2)15-12/h7,10H,3-6H2,1-2H3,(H,13,14,15). The average Bonchev–Trinajstić information content (AvgIpc) is 2.95. The minimum absolute atomic E-state index is 0.0907. The maximum absolute atomic E-state index is 5.85. The van der Waals surface area contributed by atoms with Crippen LogP contribution in [0.1, 0.15) is 43.0 Å². The summed E-state index contributed by atoms with van der Waals surface area (Å²) in [5.41, 5.74) is 2.46. The monoisotopic (exact) mass is 251 g/mol. The molecule has 0 bridgehead atoms. The van der Waals surface area contributed by atoms with Gasteiger partial charge in [0.2, 0.25) is 0 Å². The Morgan fingerprint density at radius 2 is 2.18 bits per heavy atom. The summed E-state index contributed by atoms with van der Waals surface area (Å²) in [6, 6.07) is 0. The predicted molar refractivity (Wildman–Crippen MR) is 69.1 cm³/mol. The lowest BCUT2D eigenvalue weighted by Gasteiger charge is -2.13. The van der Waals surface area contributed by atoms with Crippen LogP contribution in [0.25, 0.3) is 0 Å². The molecule has 4 nitrogen and oxygen atoms in total. The van der Waals surface area contributed by atoms with Crippen LogP contribution in [0.4, 0.5) is 5.82 Å². The summed E-state index contributed by atoms with van der Waals surface area (Å²) in [4.78, 5) is 9.30. The number of aromatic nitrogens is 2. The molecule has 1 N–H and O–H groups in total. The SMILES string of the molecule is CNc1nc(C2CCC(C)O2)nc2c1CSC2. The van der Waals surface area contributed by atoms with Gasteiger partial charge in [0.15, 0.2) is 5.82 Å². The topological polar surface area (TPSA) is 47.0 Å². The number of hydrogen-bond acceptors (Lipinski definition) is 5. The van der Waals surface area contributed by atoms with Crippen LogP contribution in [0.15, 0.2) is 0 Å². The van der Waals surface area contributed by atoms with E-state index < -0.39 is 0 Å². The minimum Gasteiger partial charge on any atom is -0.373 e. The molecule has 0 aliphatic carbocycles. The molecule has 1 aromatic heterocycles. The van der Waals surface area contributed by atoms with Crippen molar-refractivity contribution in [3.63, 3.8) is 0 Å². The highest BCUT2D eigenvalue weighted by Gasteiger charge is 2.28. The first kappa shape index (κ1) is 11.3. The fourth-order valence-corrected chi connectivity index (χ4v) is 3.46. The van der Waals surface area contributed by atoms with E-state index in [0.29, 0.717) is 6.10 Å². The second-order valence-electron chi connectivity index (χ2n) is 4.61. The molecule has 3 heterocycles. The molecular formula is C12H17N3OS. The zero-order valence-electron chi connectivity index (χ0n) is 10.2. The van der Waals surface area contributed by atoms with Crippen LogP contribution in [0, 0.1) is 0 Å². The Labute approximate surface area is 106 Å². The first-order valence-corrected chi connectivity index (χ1v) is 7.24. The van der Waals surface area contributed by atoms with Crippen molar-refractivity contribution in [2.75, 3.05) is 12.4 Å². The van der Waals surface area contributed by atoms with Crippen molar-refractivity contribution >= 4 is 17.6 Å². The van der Waals surface area contributed by atoms with Gasteiger partial charge in [0.1, 0.15) is 11.9 Å². The highest BCUT2D eigenvalue weighted by Crippen LogP contribution is 2.36. The first-order chi connectivity index (χ1) is 8.28. The molecule has 0 saturated carbocycles. The van der Waals surface area contributed by atoms with Crippen LogP contribution >= 0.6 is 11.8 Å². The Morgan fingerprint density at radius 1 is 1.29 bits per heavy atom. The second kappa shape index (κ2) is 4.46. The molecule has 92 valence electrons. The van der Waals surface area contributed by atoms with E-state index in [1.165, 1.54) is 11.3 Å². The van der Waals surface area contributed by atoms with E-state index in [-0.39, 0.29) is 6.10 Å². The Balaban J connectivity index is 1.95. The van der Waals surface area contributed by atoms with E-state index in [4.69, 9.17) is 4.74 Å². The van der Waals surface area contributed by atoms with Crippen LogP contribution in [-0.4, -0.2) is 23.1 Å². The zero-order valence-corrected chi connectivity index (χ0v) is 11.0. The van der Waals surface area contributed by atoms with Gasteiger partial charge in [-0.3, -0.25) is 0 Å². The fraction of sp³-hybridized carbons (Fsp3) is 0.667. The maximum Gasteiger partial charge on any atom is 0.159 e. The van der Waals surface area contributed by atoms with E-state index in [0.717, 1.165) is 36.0 Å². The number of thioether (sulfide) groups is 1. The molecule has 2 atom stereocenters. The van der Waals surface area contributed by atoms with Crippen molar-refractivity contribution in [1.82, 2.24) is 9.97 Å². The van der Waals surface area contributed by atoms with Gasteiger partial charge < -0.3 is 10.1 Å². The molecule has 1 saturated heterocycles. The minimum atomic E-state index is 0.0907. The third-order valence-electron chi connectivity index (χ3n) is 3.35. The second-order valence-corrected chi connectivity index (χ2v) is 5.60. The van der Waals surface area contributed by atoms with Gasteiger partial charge in [-0.1, -0.05) is 0 Å². The van der Waals surface area contributed by atoms with Crippen LogP contribution in [0.5, 0.6) is 0 Å². The van der Waals surface area contributed by atoms with Crippen molar-refractivity contribution in [1.29, 1.82) is 0 Å². The van der Waals surface area contributed by atoms with Gasteiger partial charge in [0, 0.05) is 24.1 Å². The van der Waals surface area contributed by atoms with Gasteiger partial charge >= 0.3 is 0 Å². The van der Waals surface area contributed by atoms with Gasteiger partial charge in [0.05, 0.1) is 11.8 Å². The summed E-state index contributed by atoms with van der Waals surface area (Å²) in [6.07, 6.45) is 2.57. The molecule has 0 spiro atoms. The van der Waals surface area contributed by atoms with Crippen molar-refractivity contribution in [2.24, 2.45) is 0 Å². The molecule has 2 aliphatic heterocycles. The molecule has 2 unspecified atom stereocenters. The van der Waals surface area contributed by atoms with E-state index in [9.17, 15) is 0 Å². The van der Waals surface area contributed by atoms with Gasteiger partial charge in [0.25, 0.3) is 0 Å². The molecular weight excluding hydrogens is 234 g/mol. The summed E-state index contributed by atoms with van der Waals surface area (Å²) >= 11 is 1.90. The number of nitrogens with one attached hydrogen (secondary N) is 1. The molecule has 5 heteroatoms. The number of anilines is 1. The maximum atomic E-state index is 5.85. The molecule has 17 heavy (non-hydrogen) atoms. The molecule has 1 aromatic rings. The highest BCUT2D eigenvalue weighted by atomic mass is 32.2. The van der Waals surface area contributed by atoms with Gasteiger partial charge in [-0.15, -0.1) is 0 Å². The summed E-state index contributed by atoms with van der Waals surface area (Å²) in [7, 11) is 1.92. The number of rotatable bonds is 2. The van der Waals surface area contributed by atoms with E-state index in [2.05, 4.69) is 22.2 Å². The van der Waals surface area contributed by atoms with E-state index in [1.54, 1.807) is 0 Å². The molecule has 0 aromatic carbocycles. The lowest BCUT2D eigenvalue weighted by molar-refractivity contribution is 0.0502. The van der Waals surface area contributed by atoms with E-state index >= 15 is 0 Å². The Kier molecular flexibility index (Phi) is 2.96. The normalized spacial score (nSPS) is 27.2. The van der Waals surface area contributed by atoms with Crippen molar-refractivity contribution in [2.45, 2.75) is 43.5 Å². The van der Waals surface area contributed by atoms with Crippen LogP contribution in [0.2, 0.25) is 0 Å². The van der Waals surface area contributed by atoms with Crippen LogP contribution in [-0.2, 0) is 16.2 Å². The Bertz CT molecular complexity index is 438. The van der Waals surface area contributed by atoms with Crippen molar-refractivity contribution in [3.05, 3.63) is 17.1 Å². The average molecular weight is 251 g/mol. The molecule has 0 amide bonds. The highest BCUT2D eigenvalue weighted by molar-refractivity contribution is 7.98. The lowest BCUT2D eigenvalue weighted by Crippen LogP contribution is -2.10. The number of fused-ring (bicyclic) bond motifs is 1. The molecule has 0 radical (unpaired) electrons.